The predicted octanol–water partition coefficient (Wildman–Crippen LogP) is 4.99. The Balaban J connectivity index is 1.91. The van der Waals surface area contributed by atoms with E-state index < -0.39 is 0 Å². The lowest BCUT2D eigenvalue weighted by atomic mass is 10.2. The largest absolute Gasteiger partial charge is 0.436 e. The van der Waals surface area contributed by atoms with Crippen molar-refractivity contribution in [3.05, 3.63) is 47.0 Å². The number of fused-ring (bicyclic) bond motifs is 1. The number of oxazole rings is 1. The zero-order valence-electron chi connectivity index (χ0n) is 13.5. The lowest BCUT2D eigenvalue weighted by Gasteiger charge is -2.08. The van der Waals surface area contributed by atoms with Gasteiger partial charge < -0.3 is 15.1 Å². The smallest absolute Gasteiger partial charge is 0.319 e. The average molecular weight is 344 g/mol. The van der Waals surface area contributed by atoms with Gasteiger partial charge in [-0.3, -0.25) is 0 Å². The molecule has 0 aliphatic carbocycles. The highest BCUT2D eigenvalue weighted by molar-refractivity contribution is 6.33. The number of nitrogens with zero attached hydrogens (tertiary/aromatic N) is 1. The molecule has 0 saturated carbocycles. The Hall–Kier alpha value is -2.53. The van der Waals surface area contributed by atoms with Crippen molar-refractivity contribution in [2.75, 3.05) is 11.9 Å². The molecule has 5 nitrogen and oxygen atoms in total. The van der Waals surface area contributed by atoms with Crippen LogP contribution in [0, 0.1) is 6.92 Å². The molecule has 3 rings (SSSR count). The molecule has 0 atom stereocenters. The second-order valence-electron chi connectivity index (χ2n) is 5.57. The quantitative estimate of drug-likeness (QED) is 0.701. The molecule has 0 spiro atoms. The Morgan fingerprint density at radius 3 is 2.88 bits per heavy atom. The first-order valence-corrected chi connectivity index (χ1v) is 8.16. The fourth-order valence-electron chi connectivity index (χ4n) is 2.33. The zero-order valence-corrected chi connectivity index (χ0v) is 14.3. The van der Waals surface area contributed by atoms with Gasteiger partial charge in [-0.1, -0.05) is 24.6 Å². The van der Waals surface area contributed by atoms with E-state index >= 15 is 0 Å². The van der Waals surface area contributed by atoms with E-state index in [4.69, 9.17) is 16.0 Å². The maximum absolute atomic E-state index is 11.8. The second-order valence-corrected chi connectivity index (χ2v) is 5.97. The average Bonchev–Trinajstić information content (AvgIpc) is 2.97. The van der Waals surface area contributed by atoms with Gasteiger partial charge in [0, 0.05) is 12.2 Å². The van der Waals surface area contributed by atoms with Crippen molar-refractivity contribution >= 4 is 34.4 Å². The fraction of sp³-hybridized carbons (Fsp3) is 0.222. The third kappa shape index (κ3) is 3.51. The van der Waals surface area contributed by atoms with Crippen LogP contribution >= 0.6 is 11.6 Å². The number of urea groups is 1. The monoisotopic (exact) mass is 343 g/mol. The van der Waals surface area contributed by atoms with Crippen LogP contribution in [0.3, 0.4) is 0 Å². The Morgan fingerprint density at radius 1 is 1.25 bits per heavy atom. The maximum atomic E-state index is 11.8. The summed E-state index contributed by atoms with van der Waals surface area (Å²) in [6.45, 7) is 4.61. The van der Waals surface area contributed by atoms with Crippen LogP contribution in [0.1, 0.15) is 18.9 Å². The van der Waals surface area contributed by atoms with Crippen LogP contribution in [0.2, 0.25) is 5.02 Å². The molecule has 1 aromatic heterocycles. The third-order valence-electron chi connectivity index (χ3n) is 3.53. The molecule has 0 aliphatic rings. The van der Waals surface area contributed by atoms with Crippen LogP contribution < -0.4 is 10.6 Å². The molecule has 2 amide bonds. The van der Waals surface area contributed by atoms with E-state index in [1.54, 1.807) is 18.2 Å². The second kappa shape index (κ2) is 6.93. The van der Waals surface area contributed by atoms with Crippen molar-refractivity contribution in [1.29, 1.82) is 0 Å². The highest BCUT2D eigenvalue weighted by Gasteiger charge is 2.13. The van der Waals surface area contributed by atoms with Crippen molar-refractivity contribution in [3.63, 3.8) is 0 Å². The van der Waals surface area contributed by atoms with Gasteiger partial charge in [0.15, 0.2) is 5.58 Å². The summed E-state index contributed by atoms with van der Waals surface area (Å²) < 4.78 is 5.82. The molecular weight excluding hydrogens is 326 g/mol. The third-order valence-corrected chi connectivity index (χ3v) is 3.86. The minimum atomic E-state index is -0.252. The van der Waals surface area contributed by atoms with Gasteiger partial charge in [-0.05, 0) is 49.2 Å². The molecule has 24 heavy (non-hydrogen) atoms. The van der Waals surface area contributed by atoms with Gasteiger partial charge in [-0.25, -0.2) is 9.78 Å². The summed E-state index contributed by atoms with van der Waals surface area (Å²) in [6, 6.07) is 10.8. The number of nitrogens with one attached hydrogen (secondary N) is 2. The molecule has 2 N–H and O–H groups in total. The maximum Gasteiger partial charge on any atom is 0.319 e. The number of hydrogen-bond acceptors (Lipinski definition) is 3. The summed E-state index contributed by atoms with van der Waals surface area (Å²) in [5.41, 5.74) is 3.84. The number of carbonyl (C=O) groups excluding carboxylic acids is 1. The zero-order chi connectivity index (χ0) is 17.1. The summed E-state index contributed by atoms with van der Waals surface area (Å²) in [6.07, 6.45) is 0.877. The van der Waals surface area contributed by atoms with Crippen molar-refractivity contribution in [2.45, 2.75) is 20.3 Å². The number of aryl methyl sites for hydroxylation is 1. The van der Waals surface area contributed by atoms with E-state index in [-0.39, 0.29) is 6.03 Å². The molecule has 6 heteroatoms. The molecule has 1 heterocycles. The van der Waals surface area contributed by atoms with Crippen LogP contribution in [0.5, 0.6) is 0 Å². The Bertz CT molecular complexity index is 889. The number of hydrogen-bond donors (Lipinski definition) is 2. The number of anilines is 1. The number of amides is 2. The van der Waals surface area contributed by atoms with Crippen LogP contribution in [-0.2, 0) is 0 Å². The summed E-state index contributed by atoms with van der Waals surface area (Å²) in [5, 5.41) is 6.05. The van der Waals surface area contributed by atoms with E-state index in [1.165, 1.54) is 0 Å². The minimum absolute atomic E-state index is 0.252. The normalized spacial score (nSPS) is 10.8. The molecule has 0 bridgehead atoms. The van der Waals surface area contributed by atoms with Gasteiger partial charge in [0.2, 0.25) is 5.89 Å². The highest BCUT2D eigenvalue weighted by Crippen LogP contribution is 2.32. The van der Waals surface area contributed by atoms with Gasteiger partial charge in [-0.15, -0.1) is 0 Å². The molecule has 0 aliphatic heterocycles. The number of benzene rings is 2. The highest BCUT2D eigenvalue weighted by atomic mass is 35.5. The van der Waals surface area contributed by atoms with Crippen molar-refractivity contribution in [3.8, 4) is 11.5 Å². The molecular formula is C18H18ClN3O2. The van der Waals surface area contributed by atoms with E-state index in [1.807, 2.05) is 32.0 Å². The Morgan fingerprint density at radius 2 is 2.08 bits per heavy atom. The summed E-state index contributed by atoms with van der Waals surface area (Å²) in [5.74, 6) is 0.429. The molecule has 0 saturated heterocycles. The minimum Gasteiger partial charge on any atom is -0.436 e. The number of halogens is 1. The number of rotatable bonds is 4. The van der Waals surface area contributed by atoms with Crippen molar-refractivity contribution in [1.82, 2.24) is 10.3 Å². The SMILES string of the molecule is CCCNC(=O)Nc1ccc(Cl)c(-c2nc3ccc(C)cc3o2)c1. The number of carbonyl (C=O) groups is 1. The topological polar surface area (TPSA) is 67.2 Å². The standard InChI is InChI=1S/C18H18ClN3O2/c1-3-8-20-18(23)21-12-5-6-14(19)13(10-12)17-22-15-7-4-11(2)9-16(15)24-17/h4-7,9-10H,3,8H2,1-2H3,(H2,20,21,23). The van der Waals surface area contributed by atoms with E-state index in [2.05, 4.69) is 15.6 Å². The van der Waals surface area contributed by atoms with E-state index in [0.717, 1.165) is 17.5 Å². The van der Waals surface area contributed by atoms with Crippen molar-refractivity contribution in [2.24, 2.45) is 0 Å². The molecule has 0 unspecified atom stereocenters. The lowest BCUT2D eigenvalue weighted by Crippen LogP contribution is -2.29. The molecule has 3 aromatic rings. The first kappa shape index (κ1) is 16.3. The molecule has 124 valence electrons. The molecule has 0 fully saturated rings. The first-order chi connectivity index (χ1) is 11.6. The van der Waals surface area contributed by atoms with E-state index in [9.17, 15) is 4.79 Å². The Kier molecular flexibility index (Phi) is 4.71. The van der Waals surface area contributed by atoms with Gasteiger partial charge in [0.1, 0.15) is 5.52 Å². The van der Waals surface area contributed by atoms with Crippen molar-refractivity contribution < 1.29 is 9.21 Å². The molecule has 2 aromatic carbocycles. The van der Waals surface area contributed by atoms with Gasteiger partial charge in [0.05, 0.1) is 10.6 Å². The van der Waals surface area contributed by atoms with Gasteiger partial charge in [0.25, 0.3) is 0 Å². The number of aromatic nitrogens is 1. The predicted molar refractivity (Wildman–Crippen MR) is 96.5 cm³/mol. The van der Waals surface area contributed by atoms with E-state index in [0.29, 0.717) is 34.3 Å². The van der Waals surface area contributed by atoms with Gasteiger partial charge >= 0.3 is 6.03 Å². The molecule has 0 radical (unpaired) electrons. The summed E-state index contributed by atoms with van der Waals surface area (Å²) in [4.78, 5) is 16.3. The van der Waals surface area contributed by atoms with Crippen LogP contribution in [0.25, 0.3) is 22.6 Å². The fourth-order valence-corrected chi connectivity index (χ4v) is 2.53. The summed E-state index contributed by atoms with van der Waals surface area (Å²) >= 11 is 6.28. The van der Waals surface area contributed by atoms with Gasteiger partial charge in [-0.2, -0.15) is 0 Å². The lowest BCUT2D eigenvalue weighted by molar-refractivity contribution is 0.252. The summed E-state index contributed by atoms with van der Waals surface area (Å²) in [7, 11) is 0. The van der Waals surface area contributed by atoms with Crippen LogP contribution in [-0.4, -0.2) is 17.6 Å². The van der Waals surface area contributed by atoms with Crippen LogP contribution in [0.4, 0.5) is 10.5 Å². The van der Waals surface area contributed by atoms with Crippen LogP contribution in [0.15, 0.2) is 40.8 Å². The first-order valence-electron chi connectivity index (χ1n) is 7.79. The Labute approximate surface area is 145 Å².